The third kappa shape index (κ3) is 4.32. The zero-order valence-corrected chi connectivity index (χ0v) is 16.2. The minimum Gasteiger partial charge on any atom is -0.489 e. The van der Waals surface area contributed by atoms with Gasteiger partial charge in [0.1, 0.15) is 12.4 Å². The van der Waals surface area contributed by atoms with Gasteiger partial charge in [-0.15, -0.1) is 12.4 Å². The summed E-state index contributed by atoms with van der Waals surface area (Å²) in [5.74, 6) is 1.86. The molecule has 28 heavy (non-hydrogen) atoms. The summed E-state index contributed by atoms with van der Waals surface area (Å²) in [5, 5.41) is 4.17. The summed E-state index contributed by atoms with van der Waals surface area (Å²) in [4.78, 5) is 8.72. The monoisotopic (exact) mass is 402 g/mol. The highest BCUT2D eigenvalue weighted by Crippen LogP contribution is 2.34. The lowest BCUT2D eigenvalue weighted by atomic mass is 9.80. The standard InChI is InChI=1S/C20H22N4O3.ClH/c21-14-20(6-9-25-10-7-20)19-23-18(24-27-19)16-4-1-5-17(11-16)26-13-15-3-2-8-22-12-15;/h1-5,8,11-12H,6-7,9-10,13-14,21H2;1H. The van der Waals surface area contributed by atoms with Crippen LogP contribution >= 0.6 is 12.4 Å². The molecule has 0 aliphatic carbocycles. The molecule has 0 amide bonds. The van der Waals surface area contributed by atoms with Crippen LogP contribution in [0.25, 0.3) is 11.4 Å². The maximum absolute atomic E-state index is 6.03. The predicted molar refractivity (Wildman–Crippen MR) is 106 cm³/mol. The Kier molecular flexibility index (Phi) is 6.61. The number of nitrogens with two attached hydrogens (primary N) is 1. The molecule has 4 rings (SSSR count). The van der Waals surface area contributed by atoms with Gasteiger partial charge >= 0.3 is 0 Å². The zero-order valence-electron chi connectivity index (χ0n) is 15.4. The summed E-state index contributed by atoms with van der Waals surface area (Å²) in [6.45, 7) is 2.23. The summed E-state index contributed by atoms with van der Waals surface area (Å²) in [6, 6.07) is 11.5. The summed E-state index contributed by atoms with van der Waals surface area (Å²) in [7, 11) is 0. The van der Waals surface area contributed by atoms with E-state index in [1.54, 1.807) is 12.4 Å². The van der Waals surface area contributed by atoms with Gasteiger partial charge in [-0.2, -0.15) is 4.98 Å². The number of pyridine rings is 1. The van der Waals surface area contributed by atoms with Crippen LogP contribution in [-0.4, -0.2) is 34.9 Å². The molecule has 0 radical (unpaired) electrons. The molecule has 2 N–H and O–H groups in total. The van der Waals surface area contributed by atoms with Crippen molar-refractivity contribution in [2.45, 2.75) is 24.9 Å². The molecule has 1 aliphatic heterocycles. The van der Waals surface area contributed by atoms with E-state index in [1.165, 1.54) is 0 Å². The van der Waals surface area contributed by atoms with Crippen LogP contribution in [0.15, 0.2) is 53.3 Å². The van der Waals surface area contributed by atoms with Gasteiger partial charge in [0, 0.05) is 43.3 Å². The molecule has 0 bridgehead atoms. The fourth-order valence-electron chi connectivity index (χ4n) is 3.20. The van der Waals surface area contributed by atoms with Gasteiger partial charge < -0.3 is 19.7 Å². The second-order valence-electron chi connectivity index (χ2n) is 6.70. The molecule has 148 valence electrons. The van der Waals surface area contributed by atoms with E-state index < -0.39 is 0 Å². The normalized spacial score (nSPS) is 15.6. The van der Waals surface area contributed by atoms with Crippen LogP contribution in [0.3, 0.4) is 0 Å². The molecule has 1 aromatic carbocycles. The minimum atomic E-state index is -0.294. The zero-order chi connectivity index (χ0) is 18.5. The Bertz CT molecular complexity index is 882. The van der Waals surface area contributed by atoms with Gasteiger partial charge in [0.2, 0.25) is 11.7 Å². The molecule has 0 spiro atoms. The third-order valence-corrected chi connectivity index (χ3v) is 4.94. The molecule has 0 unspecified atom stereocenters. The third-order valence-electron chi connectivity index (χ3n) is 4.94. The molecule has 1 saturated heterocycles. The van der Waals surface area contributed by atoms with E-state index in [0.717, 1.165) is 29.7 Å². The Hall–Kier alpha value is -2.48. The summed E-state index contributed by atoms with van der Waals surface area (Å²) in [5.41, 5.74) is 7.58. The summed E-state index contributed by atoms with van der Waals surface area (Å²) in [6.07, 6.45) is 5.11. The van der Waals surface area contributed by atoms with Crippen LogP contribution in [0.4, 0.5) is 0 Å². The minimum absolute atomic E-state index is 0. The topological polar surface area (TPSA) is 96.3 Å². The van der Waals surface area contributed by atoms with Crippen molar-refractivity contribution in [1.82, 2.24) is 15.1 Å². The van der Waals surface area contributed by atoms with Crippen molar-refractivity contribution in [2.24, 2.45) is 5.73 Å². The first-order chi connectivity index (χ1) is 13.3. The summed E-state index contributed by atoms with van der Waals surface area (Å²) < 4.78 is 16.9. The van der Waals surface area contributed by atoms with E-state index in [0.29, 0.717) is 38.1 Å². The van der Waals surface area contributed by atoms with Crippen molar-refractivity contribution < 1.29 is 14.0 Å². The number of rotatable bonds is 6. The van der Waals surface area contributed by atoms with Crippen molar-refractivity contribution in [3.8, 4) is 17.1 Å². The lowest BCUT2D eigenvalue weighted by molar-refractivity contribution is 0.0409. The largest absolute Gasteiger partial charge is 0.489 e. The van der Waals surface area contributed by atoms with E-state index >= 15 is 0 Å². The van der Waals surface area contributed by atoms with Gasteiger partial charge in [0.25, 0.3) is 0 Å². The van der Waals surface area contributed by atoms with E-state index in [-0.39, 0.29) is 17.8 Å². The first-order valence-corrected chi connectivity index (χ1v) is 9.03. The van der Waals surface area contributed by atoms with Gasteiger partial charge in [-0.25, -0.2) is 0 Å². The number of aromatic nitrogens is 3. The molecule has 3 aromatic rings. The predicted octanol–water partition coefficient (Wildman–Crippen LogP) is 3.14. The van der Waals surface area contributed by atoms with Gasteiger partial charge in [-0.05, 0) is 31.0 Å². The van der Waals surface area contributed by atoms with Gasteiger partial charge in [-0.1, -0.05) is 23.4 Å². The molecular formula is C20H23ClN4O3. The average molecular weight is 403 g/mol. The van der Waals surface area contributed by atoms with Crippen molar-refractivity contribution in [2.75, 3.05) is 19.8 Å². The Morgan fingerprint density at radius 2 is 2.00 bits per heavy atom. The second kappa shape index (κ2) is 9.14. The Labute approximate surface area is 169 Å². The first kappa shape index (κ1) is 20.3. The SMILES string of the molecule is Cl.NCC1(c2nc(-c3cccc(OCc4cccnc4)c3)no2)CCOCC1. The molecule has 8 heteroatoms. The quantitative estimate of drug-likeness (QED) is 0.676. The average Bonchev–Trinajstić information content (AvgIpc) is 3.25. The first-order valence-electron chi connectivity index (χ1n) is 9.03. The molecule has 3 heterocycles. The number of ether oxygens (including phenoxy) is 2. The number of hydrogen-bond donors (Lipinski definition) is 1. The highest BCUT2D eigenvalue weighted by atomic mass is 35.5. The van der Waals surface area contributed by atoms with E-state index in [2.05, 4.69) is 15.1 Å². The maximum Gasteiger partial charge on any atom is 0.234 e. The number of benzene rings is 1. The highest BCUT2D eigenvalue weighted by Gasteiger charge is 2.38. The molecule has 2 aromatic heterocycles. The fourth-order valence-corrected chi connectivity index (χ4v) is 3.20. The van der Waals surface area contributed by atoms with Gasteiger partial charge in [0.05, 0.1) is 5.41 Å². The van der Waals surface area contributed by atoms with Crippen molar-refractivity contribution in [3.63, 3.8) is 0 Å². The van der Waals surface area contributed by atoms with Crippen LogP contribution < -0.4 is 10.5 Å². The van der Waals surface area contributed by atoms with Crippen molar-refractivity contribution in [1.29, 1.82) is 0 Å². The number of hydrogen-bond acceptors (Lipinski definition) is 7. The molecule has 7 nitrogen and oxygen atoms in total. The number of nitrogens with zero attached hydrogens (tertiary/aromatic N) is 3. The lowest BCUT2D eigenvalue weighted by Gasteiger charge is -2.32. The van der Waals surface area contributed by atoms with Gasteiger partial charge in [0.15, 0.2) is 0 Å². The van der Waals surface area contributed by atoms with Crippen LogP contribution in [0.5, 0.6) is 5.75 Å². The Morgan fingerprint density at radius 3 is 2.75 bits per heavy atom. The highest BCUT2D eigenvalue weighted by molar-refractivity contribution is 5.85. The van der Waals surface area contributed by atoms with E-state index in [9.17, 15) is 0 Å². The molecule has 0 saturated carbocycles. The molecule has 1 fully saturated rings. The molecule has 1 aliphatic rings. The van der Waals surface area contributed by atoms with E-state index in [4.69, 9.17) is 19.7 Å². The van der Waals surface area contributed by atoms with Crippen LogP contribution in [0, 0.1) is 0 Å². The molecular weight excluding hydrogens is 380 g/mol. The maximum atomic E-state index is 6.03. The van der Waals surface area contributed by atoms with E-state index in [1.807, 2.05) is 36.4 Å². The Balaban J connectivity index is 0.00000225. The van der Waals surface area contributed by atoms with Crippen molar-refractivity contribution in [3.05, 3.63) is 60.2 Å². The fraction of sp³-hybridized carbons (Fsp3) is 0.350. The van der Waals surface area contributed by atoms with Crippen molar-refractivity contribution >= 4 is 12.4 Å². The second-order valence-corrected chi connectivity index (χ2v) is 6.70. The van der Waals surface area contributed by atoms with Crippen LogP contribution in [0.2, 0.25) is 0 Å². The molecule has 0 atom stereocenters. The Morgan fingerprint density at radius 1 is 1.14 bits per heavy atom. The smallest absolute Gasteiger partial charge is 0.234 e. The van der Waals surface area contributed by atoms with Crippen LogP contribution in [-0.2, 0) is 16.8 Å². The van der Waals surface area contributed by atoms with Crippen LogP contribution in [0.1, 0.15) is 24.3 Å². The lowest BCUT2D eigenvalue weighted by Crippen LogP contribution is -2.40. The summed E-state index contributed by atoms with van der Waals surface area (Å²) >= 11 is 0. The number of halogens is 1. The van der Waals surface area contributed by atoms with Gasteiger partial charge in [-0.3, -0.25) is 4.98 Å².